The molecule has 0 radical (unpaired) electrons. The van der Waals surface area contributed by atoms with Crippen molar-refractivity contribution in [2.75, 3.05) is 32.7 Å². The highest BCUT2D eigenvalue weighted by Crippen LogP contribution is 2.37. The number of nitrogens with zero attached hydrogens (tertiary/aromatic N) is 3. The maximum absolute atomic E-state index is 5.42. The molecular formula is C14H18N4O2. The third-order valence-electron chi connectivity index (χ3n) is 3.17. The lowest BCUT2D eigenvalue weighted by Gasteiger charge is -2.20. The van der Waals surface area contributed by atoms with Gasteiger partial charge in [0, 0.05) is 24.0 Å². The SMILES string of the molecule is CC(CN(C)C)Nc1cnnc2cc3c(cc12)OCO3. The minimum absolute atomic E-state index is 0.263. The van der Waals surface area contributed by atoms with Crippen LogP contribution in [0.3, 0.4) is 0 Å². The van der Waals surface area contributed by atoms with Gasteiger partial charge >= 0.3 is 0 Å². The summed E-state index contributed by atoms with van der Waals surface area (Å²) >= 11 is 0. The Hall–Kier alpha value is -2.08. The van der Waals surface area contributed by atoms with E-state index in [4.69, 9.17) is 9.47 Å². The van der Waals surface area contributed by atoms with Crippen molar-refractivity contribution in [2.24, 2.45) is 0 Å². The number of rotatable bonds is 4. The van der Waals surface area contributed by atoms with Crippen LogP contribution >= 0.6 is 0 Å². The van der Waals surface area contributed by atoms with Gasteiger partial charge in [-0.15, -0.1) is 0 Å². The van der Waals surface area contributed by atoms with Crippen molar-refractivity contribution in [1.82, 2.24) is 15.1 Å². The summed E-state index contributed by atoms with van der Waals surface area (Å²) in [4.78, 5) is 2.14. The average Bonchev–Trinajstić information content (AvgIpc) is 2.82. The van der Waals surface area contributed by atoms with E-state index in [1.54, 1.807) is 6.20 Å². The maximum Gasteiger partial charge on any atom is 0.231 e. The molecule has 0 spiro atoms. The fourth-order valence-electron chi connectivity index (χ4n) is 2.42. The molecule has 6 nitrogen and oxygen atoms in total. The van der Waals surface area contributed by atoms with Crippen molar-refractivity contribution >= 4 is 16.6 Å². The zero-order valence-electron chi connectivity index (χ0n) is 11.9. The van der Waals surface area contributed by atoms with Crippen LogP contribution in [0.25, 0.3) is 10.9 Å². The van der Waals surface area contributed by atoms with E-state index in [0.717, 1.165) is 34.6 Å². The quantitative estimate of drug-likeness (QED) is 0.916. The standard InChI is InChI=1S/C14H18N4O2/c1-9(7-18(2)3)16-12-6-15-17-11-5-14-13(4-10(11)12)19-8-20-14/h4-6,9H,7-8H2,1-3H3,(H,16,17). The summed E-state index contributed by atoms with van der Waals surface area (Å²) in [6.07, 6.45) is 1.75. The summed E-state index contributed by atoms with van der Waals surface area (Å²) in [6.45, 7) is 3.34. The van der Waals surface area contributed by atoms with Crippen molar-refractivity contribution in [2.45, 2.75) is 13.0 Å². The average molecular weight is 274 g/mol. The van der Waals surface area contributed by atoms with E-state index in [-0.39, 0.29) is 6.79 Å². The number of nitrogens with one attached hydrogen (secondary N) is 1. The predicted molar refractivity (Wildman–Crippen MR) is 77.3 cm³/mol. The van der Waals surface area contributed by atoms with E-state index < -0.39 is 0 Å². The van der Waals surface area contributed by atoms with Crippen LogP contribution in [0.2, 0.25) is 0 Å². The molecule has 20 heavy (non-hydrogen) atoms. The maximum atomic E-state index is 5.42. The first-order valence-electron chi connectivity index (χ1n) is 6.60. The molecule has 2 heterocycles. The van der Waals surface area contributed by atoms with Gasteiger partial charge in [-0.25, -0.2) is 0 Å². The first-order chi connectivity index (χ1) is 9.63. The summed E-state index contributed by atoms with van der Waals surface area (Å²) < 4.78 is 10.8. The Morgan fingerprint density at radius 3 is 2.80 bits per heavy atom. The predicted octanol–water partition coefficient (Wildman–Crippen LogP) is 1.72. The van der Waals surface area contributed by atoms with Crippen LogP contribution < -0.4 is 14.8 Å². The van der Waals surface area contributed by atoms with Gasteiger partial charge in [0.1, 0.15) is 0 Å². The van der Waals surface area contributed by atoms with E-state index >= 15 is 0 Å². The van der Waals surface area contributed by atoms with Crippen molar-refractivity contribution < 1.29 is 9.47 Å². The van der Waals surface area contributed by atoms with Crippen LogP contribution in [-0.2, 0) is 0 Å². The van der Waals surface area contributed by atoms with Gasteiger partial charge in [-0.1, -0.05) is 0 Å². The van der Waals surface area contributed by atoms with Crippen LogP contribution in [0.1, 0.15) is 6.92 Å². The second-order valence-electron chi connectivity index (χ2n) is 5.29. The van der Waals surface area contributed by atoms with Gasteiger partial charge in [0.15, 0.2) is 11.5 Å². The summed E-state index contributed by atoms with van der Waals surface area (Å²) in [5.74, 6) is 1.49. The van der Waals surface area contributed by atoms with Crippen LogP contribution in [0.5, 0.6) is 11.5 Å². The molecule has 3 rings (SSSR count). The number of hydrogen-bond donors (Lipinski definition) is 1. The Kier molecular flexibility index (Phi) is 3.31. The lowest BCUT2D eigenvalue weighted by molar-refractivity contribution is 0.174. The van der Waals surface area contributed by atoms with Crippen LogP contribution in [-0.4, -0.2) is 48.6 Å². The molecule has 1 aromatic heterocycles. The van der Waals surface area contributed by atoms with E-state index in [0.29, 0.717) is 6.04 Å². The highest BCUT2D eigenvalue weighted by molar-refractivity contribution is 5.93. The first kappa shape index (κ1) is 12.9. The van der Waals surface area contributed by atoms with Crippen LogP contribution in [0, 0.1) is 0 Å². The molecule has 1 aliphatic rings. The van der Waals surface area contributed by atoms with Gasteiger partial charge in [-0.2, -0.15) is 10.2 Å². The third-order valence-corrected chi connectivity index (χ3v) is 3.17. The molecule has 0 aliphatic carbocycles. The number of fused-ring (bicyclic) bond motifs is 2. The van der Waals surface area contributed by atoms with Gasteiger partial charge in [-0.3, -0.25) is 0 Å². The second-order valence-corrected chi connectivity index (χ2v) is 5.29. The number of likely N-dealkylation sites (N-methyl/N-ethyl adjacent to an activating group) is 1. The molecule has 1 N–H and O–H groups in total. The third kappa shape index (κ3) is 2.46. The van der Waals surface area contributed by atoms with E-state index in [9.17, 15) is 0 Å². The van der Waals surface area contributed by atoms with E-state index in [2.05, 4.69) is 41.4 Å². The van der Waals surface area contributed by atoms with Gasteiger partial charge in [0.05, 0.1) is 17.4 Å². The van der Waals surface area contributed by atoms with E-state index in [1.807, 2.05) is 12.1 Å². The molecule has 0 saturated heterocycles. The van der Waals surface area contributed by atoms with Crippen molar-refractivity contribution in [3.63, 3.8) is 0 Å². The highest BCUT2D eigenvalue weighted by atomic mass is 16.7. The Labute approximate surface area is 117 Å². The summed E-state index contributed by atoms with van der Waals surface area (Å²) in [5, 5.41) is 12.7. The monoisotopic (exact) mass is 274 g/mol. The molecule has 1 aliphatic heterocycles. The van der Waals surface area contributed by atoms with Gasteiger partial charge in [0.2, 0.25) is 6.79 Å². The van der Waals surface area contributed by atoms with Crippen molar-refractivity contribution in [3.8, 4) is 11.5 Å². The first-order valence-corrected chi connectivity index (χ1v) is 6.60. The largest absolute Gasteiger partial charge is 0.454 e. The molecule has 1 unspecified atom stereocenters. The van der Waals surface area contributed by atoms with Gasteiger partial charge in [0.25, 0.3) is 0 Å². The molecule has 2 aromatic rings. The minimum Gasteiger partial charge on any atom is -0.454 e. The van der Waals surface area contributed by atoms with Crippen LogP contribution in [0.4, 0.5) is 5.69 Å². The minimum atomic E-state index is 0.263. The fourth-order valence-corrected chi connectivity index (χ4v) is 2.42. The number of aromatic nitrogens is 2. The lowest BCUT2D eigenvalue weighted by atomic mass is 10.1. The number of ether oxygens (including phenoxy) is 2. The second kappa shape index (κ2) is 5.13. The lowest BCUT2D eigenvalue weighted by Crippen LogP contribution is -2.29. The Balaban J connectivity index is 1.95. The Morgan fingerprint density at radius 2 is 2.05 bits per heavy atom. The summed E-state index contributed by atoms with van der Waals surface area (Å²) in [7, 11) is 4.11. The molecule has 0 saturated carbocycles. The summed E-state index contributed by atoms with van der Waals surface area (Å²) in [5.41, 5.74) is 1.76. The van der Waals surface area contributed by atoms with Gasteiger partial charge in [-0.05, 0) is 27.1 Å². The zero-order valence-corrected chi connectivity index (χ0v) is 11.9. The molecule has 0 amide bonds. The Bertz CT molecular complexity index is 630. The van der Waals surface area contributed by atoms with E-state index in [1.165, 1.54) is 0 Å². The fraction of sp³-hybridized carbons (Fsp3) is 0.429. The van der Waals surface area contributed by atoms with Crippen LogP contribution in [0.15, 0.2) is 18.3 Å². The normalized spacial score (nSPS) is 14.8. The smallest absolute Gasteiger partial charge is 0.231 e. The van der Waals surface area contributed by atoms with Crippen molar-refractivity contribution in [3.05, 3.63) is 18.3 Å². The van der Waals surface area contributed by atoms with Gasteiger partial charge < -0.3 is 19.7 Å². The summed E-state index contributed by atoms with van der Waals surface area (Å²) in [6, 6.07) is 4.13. The number of anilines is 1. The molecule has 1 atom stereocenters. The molecule has 1 aromatic carbocycles. The molecule has 6 heteroatoms. The van der Waals surface area contributed by atoms with Crippen molar-refractivity contribution in [1.29, 1.82) is 0 Å². The molecule has 0 bridgehead atoms. The molecule has 106 valence electrons. The number of benzene rings is 1. The molecule has 0 fully saturated rings. The zero-order chi connectivity index (χ0) is 14.1. The highest BCUT2D eigenvalue weighted by Gasteiger charge is 2.17. The number of hydrogen-bond acceptors (Lipinski definition) is 6. The molecular weight excluding hydrogens is 256 g/mol. The topological polar surface area (TPSA) is 59.5 Å². The Morgan fingerprint density at radius 1 is 1.30 bits per heavy atom.